The van der Waals surface area contributed by atoms with Gasteiger partial charge >= 0.3 is 6.18 Å². The summed E-state index contributed by atoms with van der Waals surface area (Å²) in [5, 5.41) is 8.44. The summed E-state index contributed by atoms with van der Waals surface area (Å²) in [5.74, 6) is -2.32. The molecule has 2 aliphatic rings. The minimum atomic E-state index is -4.74. The maximum Gasteiger partial charge on any atom is 0.421 e. The summed E-state index contributed by atoms with van der Waals surface area (Å²) in [6.45, 7) is 5.64. The molecule has 1 saturated carbocycles. The van der Waals surface area contributed by atoms with Crippen LogP contribution in [0.15, 0.2) is 30.5 Å². The molecule has 1 aromatic heterocycles. The molecule has 1 aliphatic heterocycles. The van der Waals surface area contributed by atoms with E-state index in [9.17, 15) is 27.6 Å². The highest BCUT2D eigenvalue weighted by Crippen LogP contribution is 2.37. The highest BCUT2D eigenvalue weighted by Gasteiger charge is 2.39. The molecule has 2 aromatic rings. The first kappa shape index (κ1) is 33.9. The summed E-state index contributed by atoms with van der Waals surface area (Å²) in [5.41, 5.74) is 5.39. The Morgan fingerprint density at radius 3 is 2.36 bits per heavy atom. The van der Waals surface area contributed by atoms with Crippen molar-refractivity contribution in [3.8, 4) is 0 Å². The van der Waals surface area contributed by atoms with Gasteiger partial charge in [-0.05, 0) is 82.4 Å². The minimum absolute atomic E-state index is 0.0854. The Kier molecular flexibility index (Phi) is 10.9. The van der Waals surface area contributed by atoms with E-state index in [0.717, 1.165) is 25.9 Å². The summed E-state index contributed by atoms with van der Waals surface area (Å²) in [7, 11) is 3.86. The molecular weight excluding hydrogens is 589 g/mol. The molecule has 2 fully saturated rings. The molecule has 11 nitrogen and oxygen atoms in total. The number of piperidine rings is 1. The van der Waals surface area contributed by atoms with Crippen LogP contribution < -0.4 is 21.7 Å². The van der Waals surface area contributed by atoms with Gasteiger partial charge < -0.3 is 31.5 Å². The Bertz CT molecular complexity index is 1350. The number of benzene rings is 1. The molecule has 3 amide bonds. The standard InChI is InChI=1S/C31H43F3N8O3/c1-18(2)16-25(26(35)43)39-28(44)22-6-5-7-24(22)38-27-23(31(32,33)34)17-36-30(40-27)37-20-10-8-19(9-11-20)29(45)42(4)21-12-14-41(3)15-13-21/h8-11,17-18,21-22,24-25H,5-7,12-16H2,1-4H3,(H2,35,43)(H,39,44)(H2,36,37,38,40)/t22-,24+,25-/m0/s1. The van der Waals surface area contributed by atoms with E-state index < -0.39 is 47.4 Å². The summed E-state index contributed by atoms with van der Waals surface area (Å²) in [6, 6.07) is 5.25. The van der Waals surface area contributed by atoms with E-state index in [0.29, 0.717) is 43.1 Å². The normalized spacial score (nSPS) is 20.1. The number of nitrogens with one attached hydrogen (secondary N) is 3. The molecule has 246 valence electrons. The molecule has 0 spiro atoms. The van der Waals surface area contributed by atoms with Crippen molar-refractivity contribution in [1.82, 2.24) is 25.1 Å². The lowest BCUT2D eigenvalue weighted by Gasteiger charge is -2.35. The number of halogens is 3. The Morgan fingerprint density at radius 2 is 1.76 bits per heavy atom. The topological polar surface area (TPSA) is 146 Å². The molecular formula is C31H43F3N8O3. The minimum Gasteiger partial charge on any atom is -0.368 e. The molecule has 1 saturated heterocycles. The van der Waals surface area contributed by atoms with Crippen LogP contribution in [0.4, 0.5) is 30.6 Å². The van der Waals surface area contributed by atoms with Crippen LogP contribution in [-0.4, -0.2) is 82.8 Å². The van der Waals surface area contributed by atoms with Gasteiger partial charge in [-0.2, -0.15) is 18.2 Å². The van der Waals surface area contributed by atoms with Gasteiger partial charge in [-0.1, -0.05) is 20.3 Å². The van der Waals surface area contributed by atoms with E-state index in [1.54, 1.807) is 36.2 Å². The zero-order valence-corrected chi connectivity index (χ0v) is 26.2. The van der Waals surface area contributed by atoms with Crippen LogP contribution in [0.25, 0.3) is 0 Å². The Balaban J connectivity index is 1.47. The molecule has 0 radical (unpaired) electrons. The van der Waals surface area contributed by atoms with E-state index in [-0.39, 0.29) is 23.8 Å². The zero-order chi connectivity index (χ0) is 32.9. The third-order valence-electron chi connectivity index (χ3n) is 8.58. The summed E-state index contributed by atoms with van der Waals surface area (Å²) in [4.78, 5) is 50.0. The van der Waals surface area contributed by atoms with Gasteiger partial charge in [0, 0.05) is 36.6 Å². The number of carbonyl (C=O) groups is 3. The fourth-order valence-corrected chi connectivity index (χ4v) is 5.96. The van der Waals surface area contributed by atoms with Gasteiger partial charge in [-0.25, -0.2) is 4.98 Å². The lowest BCUT2D eigenvalue weighted by molar-refractivity contribution is -0.137. The first-order chi connectivity index (χ1) is 21.2. The maximum atomic E-state index is 13.9. The number of nitrogens with zero attached hydrogens (tertiary/aromatic N) is 4. The van der Waals surface area contributed by atoms with Crippen LogP contribution in [-0.2, 0) is 15.8 Å². The van der Waals surface area contributed by atoms with Crippen molar-refractivity contribution >= 4 is 35.2 Å². The number of amides is 3. The van der Waals surface area contributed by atoms with Crippen LogP contribution in [0.3, 0.4) is 0 Å². The highest BCUT2D eigenvalue weighted by molar-refractivity contribution is 5.94. The first-order valence-corrected chi connectivity index (χ1v) is 15.4. The number of nitrogens with two attached hydrogens (primary N) is 1. The molecule has 3 atom stereocenters. The molecule has 0 unspecified atom stereocenters. The predicted molar refractivity (Wildman–Crippen MR) is 165 cm³/mol. The van der Waals surface area contributed by atoms with Gasteiger partial charge in [0.25, 0.3) is 5.91 Å². The number of rotatable bonds is 11. The Hall–Kier alpha value is -3.94. The second kappa shape index (κ2) is 14.4. The van der Waals surface area contributed by atoms with Gasteiger partial charge in [-0.3, -0.25) is 14.4 Å². The number of likely N-dealkylation sites (tertiary alicyclic amines) is 1. The van der Waals surface area contributed by atoms with Crippen molar-refractivity contribution in [3.63, 3.8) is 0 Å². The highest BCUT2D eigenvalue weighted by atomic mass is 19.4. The van der Waals surface area contributed by atoms with Crippen LogP contribution in [0, 0.1) is 11.8 Å². The molecule has 1 aromatic carbocycles. The number of primary amides is 1. The van der Waals surface area contributed by atoms with E-state index in [4.69, 9.17) is 5.73 Å². The lowest BCUT2D eigenvalue weighted by atomic mass is 9.99. The summed E-state index contributed by atoms with van der Waals surface area (Å²) in [6.07, 6.45) is -0.404. The Morgan fingerprint density at radius 1 is 1.09 bits per heavy atom. The van der Waals surface area contributed by atoms with Crippen molar-refractivity contribution in [3.05, 3.63) is 41.6 Å². The predicted octanol–water partition coefficient (Wildman–Crippen LogP) is 4.00. The van der Waals surface area contributed by atoms with Gasteiger partial charge in [-0.15, -0.1) is 0 Å². The molecule has 0 bridgehead atoms. The van der Waals surface area contributed by atoms with Crippen molar-refractivity contribution in [2.75, 3.05) is 37.8 Å². The maximum absolute atomic E-state index is 13.9. The van der Waals surface area contributed by atoms with Gasteiger partial charge in [0.05, 0.1) is 5.92 Å². The van der Waals surface area contributed by atoms with Crippen molar-refractivity contribution in [2.24, 2.45) is 17.6 Å². The van der Waals surface area contributed by atoms with Crippen LogP contribution in [0.2, 0.25) is 0 Å². The van der Waals surface area contributed by atoms with Crippen LogP contribution in [0.1, 0.15) is 68.3 Å². The van der Waals surface area contributed by atoms with E-state index >= 15 is 0 Å². The molecule has 5 N–H and O–H groups in total. The smallest absolute Gasteiger partial charge is 0.368 e. The second-order valence-electron chi connectivity index (χ2n) is 12.5. The van der Waals surface area contributed by atoms with Crippen LogP contribution >= 0.6 is 0 Å². The average molecular weight is 633 g/mol. The summed E-state index contributed by atoms with van der Waals surface area (Å²) < 4.78 is 41.8. The van der Waals surface area contributed by atoms with Crippen molar-refractivity contribution < 1.29 is 27.6 Å². The number of hydrogen-bond acceptors (Lipinski definition) is 8. The molecule has 14 heteroatoms. The summed E-state index contributed by atoms with van der Waals surface area (Å²) >= 11 is 0. The zero-order valence-electron chi connectivity index (χ0n) is 26.2. The number of alkyl halides is 3. The molecule has 45 heavy (non-hydrogen) atoms. The molecule has 1 aliphatic carbocycles. The van der Waals surface area contributed by atoms with Crippen molar-refractivity contribution in [2.45, 2.75) is 76.7 Å². The SMILES string of the molecule is CC(C)C[C@H](NC(=O)[C@H]1CCC[C@H]1Nc1nc(Nc2ccc(C(=O)N(C)C3CCN(C)CC3)cc2)ncc1C(F)(F)F)C(N)=O. The second-order valence-corrected chi connectivity index (χ2v) is 12.5. The molecule has 2 heterocycles. The number of carbonyl (C=O) groups excluding carboxylic acids is 3. The number of anilines is 3. The van der Waals surface area contributed by atoms with E-state index in [1.165, 1.54) is 0 Å². The third kappa shape index (κ3) is 8.83. The fourth-order valence-electron chi connectivity index (χ4n) is 5.96. The lowest BCUT2D eigenvalue weighted by Crippen LogP contribution is -2.49. The number of aromatic nitrogens is 2. The third-order valence-corrected chi connectivity index (χ3v) is 8.58. The van der Waals surface area contributed by atoms with E-state index in [2.05, 4.69) is 37.9 Å². The monoisotopic (exact) mass is 632 g/mol. The van der Waals surface area contributed by atoms with Crippen LogP contribution in [0.5, 0.6) is 0 Å². The van der Waals surface area contributed by atoms with Gasteiger partial charge in [0.2, 0.25) is 17.8 Å². The largest absolute Gasteiger partial charge is 0.421 e. The quantitative estimate of drug-likeness (QED) is 0.291. The average Bonchev–Trinajstić information content (AvgIpc) is 3.44. The first-order valence-electron chi connectivity index (χ1n) is 15.4. The van der Waals surface area contributed by atoms with Gasteiger partial charge in [0.15, 0.2) is 0 Å². The fraction of sp³-hybridized carbons (Fsp3) is 0.581. The van der Waals surface area contributed by atoms with Crippen molar-refractivity contribution in [1.29, 1.82) is 0 Å². The van der Waals surface area contributed by atoms with Gasteiger partial charge in [0.1, 0.15) is 17.4 Å². The number of hydrogen-bond donors (Lipinski definition) is 4. The van der Waals surface area contributed by atoms with E-state index in [1.807, 2.05) is 13.8 Å². The Labute approximate surface area is 261 Å². The molecule has 4 rings (SSSR count).